The first-order valence-corrected chi connectivity index (χ1v) is 12.4. The van der Waals surface area contributed by atoms with Crippen LogP contribution in [0.25, 0.3) is 16.7 Å². The van der Waals surface area contributed by atoms with E-state index in [4.69, 9.17) is 20.9 Å². The minimum absolute atomic E-state index is 0.0420. The number of thiophene rings is 1. The lowest BCUT2D eigenvalue weighted by Gasteiger charge is -2.26. The van der Waals surface area contributed by atoms with Crippen LogP contribution in [0.4, 0.5) is 19.7 Å². The third-order valence-electron chi connectivity index (χ3n) is 7.69. The molecule has 0 amide bonds. The molecule has 0 aliphatic carbocycles. The molecule has 0 saturated carbocycles. The summed E-state index contributed by atoms with van der Waals surface area (Å²) in [6.07, 6.45) is 2.82. The van der Waals surface area contributed by atoms with Crippen molar-refractivity contribution in [3.8, 4) is 6.07 Å². The normalized spacial score (nSPS) is 26.4. The lowest BCUT2D eigenvalue weighted by Crippen LogP contribution is -2.34. The first kappa shape index (κ1) is 21.9. The molecule has 4 aliphatic rings. The van der Waals surface area contributed by atoms with Gasteiger partial charge in [0.1, 0.15) is 16.6 Å². The molecule has 9 nitrogen and oxygen atoms in total. The van der Waals surface area contributed by atoms with Crippen molar-refractivity contribution in [2.45, 2.75) is 31.3 Å². The van der Waals surface area contributed by atoms with Gasteiger partial charge in [0.05, 0.1) is 49.0 Å². The summed E-state index contributed by atoms with van der Waals surface area (Å²) < 4.78 is 42.5. The molecule has 184 valence electrons. The molecular formula is C24H21F2N7O2S. The highest BCUT2D eigenvalue weighted by atomic mass is 32.1. The Labute approximate surface area is 208 Å². The van der Waals surface area contributed by atoms with Gasteiger partial charge in [0.25, 0.3) is 0 Å². The Morgan fingerprint density at radius 1 is 1.19 bits per heavy atom. The lowest BCUT2D eigenvalue weighted by atomic mass is 9.87. The maximum Gasteiger partial charge on any atom is 0.226 e. The van der Waals surface area contributed by atoms with Gasteiger partial charge in [-0.1, -0.05) is 0 Å². The summed E-state index contributed by atoms with van der Waals surface area (Å²) in [5, 5.41) is 13.5. The number of rotatable bonds is 2. The van der Waals surface area contributed by atoms with Crippen molar-refractivity contribution in [2.24, 2.45) is 11.7 Å². The molecular weight excluding hydrogens is 488 g/mol. The molecule has 4 unspecified atom stereocenters. The first-order chi connectivity index (χ1) is 17.5. The van der Waals surface area contributed by atoms with E-state index in [1.165, 1.54) is 6.20 Å². The van der Waals surface area contributed by atoms with Crippen LogP contribution in [0.1, 0.15) is 38.7 Å². The van der Waals surface area contributed by atoms with Gasteiger partial charge >= 0.3 is 0 Å². The zero-order valence-electron chi connectivity index (χ0n) is 18.9. The lowest BCUT2D eigenvalue weighted by molar-refractivity contribution is 0.134. The number of nitrogens with two attached hydrogens (primary N) is 2. The van der Waals surface area contributed by atoms with Crippen LogP contribution >= 0.6 is 11.3 Å². The van der Waals surface area contributed by atoms with Gasteiger partial charge < -0.3 is 31.2 Å². The fraction of sp³-hybridized carbons (Fsp3) is 0.375. The second-order valence-electron chi connectivity index (χ2n) is 9.48. The number of aromatic nitrogens is 2. The molecule has 0 spiro atoms. The number of nitriles is 1. The van der Waals surface area contributed by atoms with Gasteiger partial charge in [0.2, 0.25) is 5.95 Å². The highest BCUT2D eigenvalue weighted by molar-refractivity contribution is 7.17. The van der Waals surface area contributed by atoms with E-state index in [-0.39, 0.29) is 57.7 Å². The van der Waals surface area contributed by atoms with E-state index in [9.17, 15) is 9.65 Å². The van der Waals surface area contributed by atoms with Crippen LogP contribution in [-0.2, 0) is 22.7 Å². The Balaban J connectivity index is 1.43. The summed E-state index contributed by atoms with van der Waals surface area (Å²) >= 11 is 0.981. The average molecular weight is 510 g/mol. The number of hydrogen-bond acceptors (Lipinski definition) is 10. The van der Waals surface area contributed by atoms with Gasteiger partial charge in [-0.2, -0.15) is 5.26 Å². The minimum Gasteiger partial charge on any atom is -0.389 e. The Hall–Kier alpha value is -3.37. The molecule has 2 saturated heterocycles. The molecule has 12 heteroatoms. The zero-order valence-corrected chi connectivity index (χ0v) is 19.7. The molecule has 2 aromatic heterocycles. The number of anilines is 2. The Bertz CT molecular complexity index is 1520. The number of nitrogens with one attached hydrogen (secondary N) is 1. The van der Waals surface area contributed by atoms with E-state index in [1.807, 2.05) is 4.90 Å². The molecule has 1 aromatic carbocycles. The van der Waals surface area contributed by atoms with Crippen LogP contribution in [0, 0.1) is 23.1 Å². The summed E-state index contributed by atoms with van der Waals surface area (Å²) in [5.41, 5.74) is 14.7. The quantitative estimate of drug-likeness (QED) is 0.476. The predicted octanol–water partition coefficient (Wildman–Crippen LogP) is 2.44. The van der Waals surface area contributed by atoms with Gasteiger partial charge in [-0.25, -0.2) is 18.7 Å². The fourth-order valence-electron chi connectivity index (χ4n) is 5.95. The van der Waals surface area contributed by atoms with E-state index in [0.717, 1.165) is 16.9 Å². The van der Waals surface area contributed by atoms with Crippen molar-refractivity contribution >= 4 is 39.0 Å². The average Bonchev–Trinajstić information content (AvgIpc) is 3.65. The molecule has 36 heavy (non-hydrogen) atoms. The van der Waals surface area contributed by atoms with Crippen molar-refractivity contribution in [2.75, 3.05) is 30.4 Å². The zero-order chi connectivity index (χ0) is 24.7. The van der Waals surface area contributed by atoms with Crippen molar-refractivity contribution < 1.29 is 18.3 Å². The number of fused-ring (bicyclic) bond motifs is 5. The molecule has 5 N–H and O–H groups in total. The molecule has 0 bridgehead atoms. The number of hydrogen-bond donors (Lipinski definition) is 3. The molecule has 4 aliphatic heterocycles. The first-order valence-electron chi connectivity index (χ1n) is 11.6. The Morgan fingerprint density at radius 3 is 2.86 bits per heavy atom. The van der Waals surface area contributed by atoms with Gasteiger partial charge in [-0.15, -0.1) is 11.3 Å². The highest BCUT2D eigenvalue weighted by Gasteiger charge is 2.45. The van der Waals surface area contributed by atoms with Crippen LogP contribution in [0.15, 0.2) is 12.4 Å². The van der Waals surface area contributed by atoms with Crippen molar-refractivity contribution in [3.05, 3.63) is 50.9 Å². The smallest absolute Gasteiger partial charge is 0.226 e. The van der Waals surface area contributed by atoms with E-state index < -0.39 is 17.7 Å². The molecule has 3 aromatic rings. The molecule has 2 fully saturated rings. The number of nitrogens with zero attached hydrogens (tertiary/aromatic N) is 4. The third-order valence-corrected chi connectivity index (χ3v) is 8.73. The van der Waals surface area contributed by atoms with Crippen molar-refractivity contribution in [1.82, 2.24) is 15.3 Å². The predicted molar refractivity (Wildman–Crippen MR) is 129 cm³/mol. The molecule has 7 rings (SSSR count). The second-order valence-corrected chi connectivity index (χ2v) is 10.5. The summed E-state index contributed by atoms with van der Waals surface area (Å²) in [6.45, 7) is 2.13. The molecule has 0 radical (unpaired) electrons. The largest absolute Gasteiger partial charge is 0.389 e. The number of benzene rings is 1. The van der Waals surface area contributed by atoms with Crippen LogP contribution in [-0.4, -0.2) is 41.8 Å². The van der Waals surface area contributed by atoms with Gasteiger partial charge in [-0.05, 0) is 11.1 Å². The number of ether oxygens (including phenoxy) is 2. The van der Waals surface area contributed by atoms with Crippen LogP contribution < -0.4 is 21.7 Å². The Kier molecular flexibility index (Phi) is 4.75. The van der Waals surface area contributed by atoms with E-state index in [0.29, 0.717) is 42.2 Å². The summed E-state index contributed by atoms with van der Waals surface area (Å²) in [7, 11) is 0. The number of nitrogen functional groups attached to an aromatic ring is 1. The van der Waals surface area contributed by atoms with Gasteiger partial charge in [0.15, 0.2) is 11.6 Å². The Morgan fingerprint density at radius 2 is 2.03 bits per heavy atom. The summed E-state index contributed by atoms with van der Waals surface area (Å²) in [4.78, 5) is 11.5. The van der Waals surface area contributed by atoms with Crippen LogP contribution in [0.3, 0.4) is 0 Å². The highest BCUT2D eigenvalue weighted by Crippen LogP contribution is 2.47. The van der Waals surface area contributed by atoms with Gasteiger partial charge in [0, 0.05) is 47.4 Å². The third kappa shape index (κ3) is 2.88. The van der Waals surface area contributed by atoms with Gasteiger partial charge in [-0.3, -0.25) is 0 Å². The maximum atomic E-state index is 16.5. The second kappa shape index (κ2) is 7.81. The van der Waals surface area contributed by atoms with E-state index >= 15 is 4.39 Å². The van der Waals surface area contributed by atoms with Crippen LogP contribution in [0.2, 0.25) is 0 Å². The van der Waals surface area contributed by atoms with Crippen molar-refractivity contribution in [3.63, 3.8) is 0 Å². The standard InChI is InChI=1S/C24H21F2N7O2S/c25-14-3-30-21(18-9(1-27)23(29)36-22(14)18)17-12-6-34-5-11(12)10-2-31-24(32-20(10)19(17)26)33-4-15(28)13-7-35-8-16(13)33/h2-3,13,15-16,21,30H,4-8,28-29H2. The maximum absolute atomic E-state index is 16.5. The molecule has 4 atom stereocenters. The summed E-state index contributed by atoms with van der Waals surface area (Å²) in [5.74, 6) is -0.538. The van der Waals surface area contributed by atoms with E-state index in [1.54, 1.807) is 6.20 Å². The topological polar surface area (TPSA) is 135 Å². The number of halogens is 2. The molecule has 6 heterocycles. The van der Waals surface area contributed by atoms with E-state index in [2.05, 4.69) is 21.4 Å². The SMILES string of the molecule is N#Cc1c(N)sc2c1C(c1c3c(c4cnc(N5CC(N)C6COCC65)nc4c1F)COC3)NC=C2F. The monoisotopic (exact) mass is 509 g/mol. The van der Waals surface area contributed by atoms with Crippen LogP contribution in [0.5, 0.6) is 0 Å². The fourth-order valence-corrected chi connectivity index (χ4v) is 6.91. The minimum atomic E-state index is -0.825. The van der Waals surface area contributed by atoms with Crippen molar-refractivity contribution in [1.29, 1.82) is 5.26 Å². The summed E-state index contributed by atoms with van der Waals surface area (Å²) in [6, 6.07) is 1.20.